The number of carbonyl (C=O) groups is 1. The van der Waals surface area contributed by atoms with Crippen LogP contribution in [0.25, 0.3) is 10.9 Å². The minimum Gasteiger partial charge on any atom is -0.340 e. The maximum atomic E-state index is 13.0. The number of para-hydroxylation sites is 1. The highest BCUT2D eigenvalue weighted by Gasteiger charge is 2.35. The Kier molecular flexibility index (Phi) is 4.80. The van der Waals surface area contributed by atoms with Crippen LogP contribution >= 0.6 is 0 Å². The van der Waals surface area contributed by atoms with Crippen LogP contribution in [0.3, 0.4) is 0 Å². The van der Waals surface area contributed by atoms with Gasteiger partial charge in [-0.1, -0.05) is 31.0 Å². The second kappa shape index (κ2) is 7.20. The predicted octanol–water partition coefficient (Wildman–Crippen LogP) is 3.51. The van der Waals surface area contributed by atoms with Gasteiger partial charge in [0.05, 0.1) is 0 Å². The van der Waals surface area contributed by atoms with Gasteiger partial charge in [0.2, 0.25) is 5.91 Å². The zero-order valence-corrected chi connectivity index (χ0v) is 15.2. The van der Waals surface area contributed by atoms with Gasteiger partial charge in [-0.25, -0.2) is 0 Å². The van der Waals surface area contributed by atoms with E-state index in [0.717, 1.165) is 11.9 Å². The fourth-order valence-electron chi connectivity index (χ4n) is 4.76. The lowest BCUT2D eigenvalue weighted by molar-refractivity contribution is -0.134. The third-order valence-corrected chi connectivity index (χ3v) is 6.18. The monoisotopic (exact) mass is 339 g/mol. The summed E-state index contributed by atoms with van der Waals surface area (Å²) in [6, 6.07) is 11.3. The third kappa shape index (κ3) is 3.32. The number of nitrogens with zero attached hydrogens (tertiary/aromatic N) is 3. The van der Waals surface area contributed by atoms with Crippen molar-refractivity contribution in [1.82, 2.24) is 14.4 Å². The molecule has 25 heavy (non-hydrogen) atoms. The summed E-state index contributed by atoms with van der Waals surface area (Å²) in [5.74, 6) is 0.234. The summed E-state index contributed by atoms with van der Waals surface area (Å²) in [4.78, 5) is 17.7. The molecule has 2 aliphatic rings. The van der Waals surface area contributed by atoms with Gasteiger partial charge in [0.25, 0.3) is 0 Å². The molecular weight excluding hydrogens is 310 g/mol. The van der Waals surface area contributed by atoms with Gasteiger partial charge in [0, 0.05) is 30.8 Å². The smallest absolute Gasteiger partial charge is 0.242 e. The molecule has 1 saturated carbocycles. The maximum Gasteiger partial charge on any atom is 0.242 e. The van der Waals surface area contributed by atoms with Crippen LogP contribution in [0.4, 0.5) is 0 Å². The standard InChI is InChI=1S/C21H29N3O/c1-22(19-10-4-5-11-20(19)23-13-6-7-14-23)21(25)16-24-15-12-17-8-2-3-9-18(17)24/h2-3,8-9,12,15,19-20H,4-7,10-11,13-14,16H2,1H3. The summed E-state index contributed by atoms with van der Waals surface area (Å²) < 4.78 is 2.09. The normalized spacial score (nSPS) is 24.7. The van der Waals surface area contributed by atoms with Gasteiger partial charge in [0.15, 0.2) is 0 Å². The van der Waals surface area contributed by atoms with Crippen molar-refractivity contribution in [2.75, 3.05) is 20.1 Å². The van der Waals surface area contributed by atoms with Crippen LogP contribution < -0.4 is 0 Å². The number of likely N-dealkylation sites (tertiary alicyclic amines) is 1. The average Bonchev–Trinajstić information content (AvgIpc) is 3.32. The molecule has 2 aromatic rings. The number of aromatic nitrogens is 1. The highest BCUT2D eigenvalue weighted by atomic mass is 16.2. The van der Waals surface area contributed by atoms with Crippen molar-refractivity contribution in [2.45, 2.75) is 57.2 Å². The Balaban J connectivity index is 1.48. The Morgan fingerprint density at radius 3 is 2.68 bits per heavy atom. The second-order valence-corrected chi connectivity index (χ2v) is 7.67. The molecule has 4 nitrogen and oxygen atoms in total. The molecule has 2 fully saturated rings. The largest absolute Gasteiger partial charge is 0.340 e. The van der Waals surface area contributed by atoms with Crippen LogP contribution in [0, 0.1) is 0 Å². The SMILES string of the molecule is CN(C(=O)Cn1ccc2ccccc21)C1CCCCC1N1CCCC1. The number of hydrogen-bond acceptors (Lipinski definition) is 2. The summed E-state index contributed by atoms with van der Waals surface area (Å²) in [6.07, 6.45) is 9.62. The van der Waals surface area contributed by atoms with Crippen molar-refractivity contribution in [3.05, 3.63) is 36.5 Å². The fraction of sp³-hybridized carbons (Fsp3) is 0.571. The molecule has 1 aromatic heterocycles. The number of benzene rings is 1. The second-order valence-electron chi connectivity index (χ2n) is 7.67. The Morgan fingerprint density at radius 2 is 1.84 bits per heavy atom. The molecule has 2 atom stereocenters. The minimum atomic E-state index is 0.234. The molecule has 2 heterocycles. The first-order chi connectivity index (χ1) is 12.2. The van der Waals surface area contributed by atoms with Crippen molar-refractivity contribution in [1.29, 1.82) is 0 Å². The molecule has 2 unspecified atom stereocenters. The topological polar surface area (TPSA) is 28.5 Å². The van der Waals surface area contributed by atoms with Gasteiger partial charge >= 0.3 is 0 Å². The van der Waals surface area contributed by atoms with E-state index in [-0.39, 0.29) is 5.91 Å². The van der Waals surface area contributed by atoms with E-state index in [9.17, 15) is 4.79 Å². The van der Waals surface area contributed by atoms with Gasteiger partial charge in [-0.2, -0.15) is 0 Å². The van der Waals surface area contributed by atoms with E-state index in [4.69, 9.17) is 0 Å². The summed E-state index contributed by atoms with van der Waals surface area (Å²) >= 11 is 0. The van der Waals surface area contributed by atoms with Crippen molar-refractivity contribution in [3.8, 4) is 0 Å². The first-order valence-corrected chi connectivity index (χ1v) is 9.77. The fourth-order valence-corrected chi connectivity index (χ4v) is 4.76. The van der Waals surface area contributed by atoms with Gasteiger partial charge in [-0.3, -0.25) is 9.69 Å². The third-order valence-electron chi connectivity index (χ3n) is 6.18. The van der Waals surface area contributed by atoms with Crippen LogP contribution in [-0.2, 0) is 11.3 Å². The molecule has 1 saturated heterocycles. The number of fused-ring (bicyclic) bond motifs is 1. The maximum absolute atomic E-state index is 13.0. The van der Waals surface area contributed by atoms with E-state index in [1.54, 1.807) is 0 Å². The molecule has 1 aliphatic carbocycles. The molecule has 0 spiro atoms. The van der Waals surface area contributed by atoms with Crippen LogP contribution in [0.2, 0.25) is 0 Å². The van der Waals surface area contributed by atoms with Gasteiger partial charge in [-0.05, 0) is 56.3 Å². The van der Waals surface area contributed by atoms with Gasteiger partial charge < -0.3 is 9.47 Å². The molecule has 1 aliphatic heterocycles. The van der Waals surface area contributed by atoms with Gasteiger partial charge in [0.1, 0.15) is 6.54 Å². The van der Waals surface area contributed by atoms with E-state index < -0.39 is 0 Å². The van der Waals surface area contributed by atoms with Crippen molar-refractivity contribution < 1.29 is 4.79 Å². The van der Waals surface area contributed by atoms with E-state index in [0.29, 0.717) is 18.6 Å². The summed E-state index contributed by atoms with van der Waals surface area (Å²) in [5.41, 5.74) is 1.14. The van der Waals surface area contributed by atoms with E-state index in [2.05, 4.69) is 32.6 Å². The van der Waals surface area contributed by atoms with E-state index in [1.165, 1.54) is 50.6 Å². The molecule has 4 heteroatoms. The first-order valence-electron chi connectivity index (χ1n) is 9.77. The minimum absolute atomic E-state index is 0.234. The Bertz CT molecular complexity index is 732. The quantitative estimate of drug-likeness (QED) is 0.853. The first kappa shape index (κ1) is 16.6. The lowest BCUT2D eigenvalue weighted by Gasteiger charge is -2.42. The van der Waals surface area contributed by atoms with Crippen LogP contribution in [0.15, 0.2) is 36.5 Å². The molecular formula is C21H29N3O. The molecule has 1 amide bonds. The van der Waals surface area contributed by atoms with E-state index >= 15 is 0 Å². The van der Waals surface area contributed by atoms with Crippen LogP contribution in [0.1, 0.15) is 38.5 Å². The number of likely N-dealkylation sites (N-methyl/N-ethyl adjacent to an activating group) is 1. The van der Waals surface area contributed by atoms with Crippen LogP contribution in [-0.4, -0.2) is 52.5 Å². The Morgan fingerprint density at radius 1 is 1.08 bits per heavy atom. The van der Waals surface area contributed by atoms with Crippen molar-refractivity contribution in [2.24, 2.45) is 0 Å². The summed E-state index contributed by atoms with van der Waals surface area (Å²) in [7, 11) is 2.02. The summed E-state index contributed by atoms with van der Waals surface area (Å²) in [6.45, 7) is 2.87. The molecule has 0 bridgehead atoms. The molecule has 0 radical (unpaired) electrons. The lowest BCUT2D eigenvalue weighted by atomic mass is 9.88. The number of hydrogen-bond donors (Lipinski definition) is 0. The highest BCUT2D eigenvalue weighted by molar-refractivity contribution is 5.83. The van der Waals surface area contributed by atoms with E-state index in [1.807, 2.05) is 25.4 Å². The number of rotatable bonds is 4. The Hall–Kier alpha value is -1.81. The highest BCUT2D eigenvalue weighted by Crippen LogP contribution is 2.29. The molecule has 4 rings (SSSR count). The lowest BCUT2D eigenvalue weighted by Crippen LogP contribution is -2.53. The average molecular weight is 339 g/mol. The molecule has 1 aromatic carbocycles. The van der Waals surface area contributed by atoms with Crippen LogP contribution in [0.5, 0.6) is 0 Å². The zero-order valence-electron chi connectivity index (χ0n) is 15.2. The number of carbonyl (C=O) groups excluding carboxylic acids is 1. The Labute approximate surface area is 150 Å². The summed E-state index contributed by atoms with van der Waals surface area (Å²) in [5, 5.41) is 1.20. The molecule has 134 valence electrons. The molecule has 0 N–H and O–H groups in total. The van der Waals surface area contributed by atoms with Crippen molar-refractivity contribution in [3.63, 3.8) is 0 Å². The predicted molar refractivity (Wildman–Crippen MR) is 102 cm³/mol. The zero-order chi connectivity index (χ0) is 17.2. The van der Waals surface area contributed by atoms with Crippen molar-refractivity contribution >= 4 is 16.8 Å². The number of amides is 1. The van der Waals surface area contributed by atoms with Gasteiger partial charge in [-0.15, -0.1) is 0 Å².